The molecule has 2 aromatic carbocycles. The fourth-order valence-corrected chi connectivity index (χ4v) is 5.09. The standard InChI is InChI=1S/C21H22N4O6S/c1-31-15-6-8-16(9-7-15)32(29,30)24-12-10-23(11-13-24)19(26)14-25-21(28)18-5-3-2-4-17(18)20(27)22-25/h2-9H,10-14H2,1H3,(H,22,27). The van der Waals surface area contributed by atoms with Crippen molar-refractivity contribution in [3.8, 4) is 5.75 Å². The predicted molar refractivity (Wildman–Crippen MR) is 117 cm³/mol. The molecule has 0 radical (unpaired) electrons. The minimum absolute atomic E-state index is 0.128. The van der Waals surface area contributed by atoms with Crippen LogP contribution in [0.3, 0.4) is 0 Å². The molecule has 3 aromatic rings. The highest BCUT2D eigenvalue weighted by Gasteiger charge is 2.30. The number of hydrogen-bond donors (Lipinski definition) is 1. The number of nitrogens with one attached hydrogen (secondary N) is 1. The zero-order valence-corrected chi connectivity index (χ0v) is 18.2. The van der Waals surface area contributed by atoms with E-state index in [1.807, 2.05) is 0 Å². The summed E-state index contributed by atoms with van der Waals surface area (Å²) < 4.78 is 33.1. The highest BCUT2D eigenvalue weighted by Crippen LogP contribution is 2.20. The van der Waals surface area contributed by atoms with Crippen LogP contribution in [0.4, 0.5) is 0 Å². The molecule has 11 heteroatoms. The highest BCUT2D eigenvalue weighted by molar-refractivity contribution is 7.89. The summed E-state index contributed by atoms with van der Waals surface area (Å²) in [5.74, 6) is 0.181. The molecule has 0 aliphatic carbocycles. The molecule has 1 aliphatic rings. The molecular formula is C21H22N4O6S. The monoisotopic (exact) mass is 458 g/mol. The Kier molecular flexibility index (Phi) is 5.85. The second-order valence-electron chi connectivity index (χ2n) is 7.34. The van der Waals surface area contributed by atoms with E-state index in [9.17, 15) is 22.8 Å². The van der Waals surface area contributed by atoms with E-state index in [0.29, 0.717) is 5.75 Å². The van der Waals surface area contributed by atoms with Crippen LogP contribution in [-0.2, 0) is 21.4 Å². The molecule has 1 amide bonds. The first-order chi connectivity index (χ1) is 15.3. The number of benzene rings is 2. The van der Waals surface area contributed by atoms with Crippen LogP contribution in [0, 0.1) is 0 Å². The molecule has 1 aromatic heterocycles. The van der Waals surface area contributed by atoms with Crippen molar-refractivity contribution in [1.82, 2.24) is 19.0 Å². The molecule has 0 bridgehead atoms. The molecule has 0 unspecified atom stereocenters. The van der Waals surface area contributed by atoms with E-state index < -0.39 is 21.1 Å². The van der Waals surface area contributed by atoms with Crippen LogP contribution >= 0.6 is 0 Å². The van der Waals surface area contributed by atoms with E-state index in [2.05, 4.69) is 5.10 Å². The highest BCUT2D eigenvalue weighted by atomic mass is 32.2. The smallest absolute Gasteiger partial charge is 0.273 e. The number of amides is 1. The van der Waals surface area contributed by atoms with Gasteiger partial charge in [-0.25, -0.2) is 13.1 Å². The first-order valence-corrected chi connectivity index (χ1v) is 11.4. The number of aromatic amines is 1. The van der Waals surface area contributed by atoms with Crippen LogP contribution in [0.5, 0.6) is 5.75 Å². The molecule has 0 saturated carbocycles. The molecule has 1 aliphatic heterocycles. The lowest BCUT2D eigenvalue weighted by atomic mass is 10.2. The molecule has 4 rings (SSSR count). The number of carbonyl (C=O) groups excluding carboxylic acids is 1. The minimum Gasteiger partial charge on any atom is -0.497 e. The first-order valence-electron chi connectivity index (χ1n) is 9.95. The van der Waals surface area contributed by atoms with Gasteiger partial charge in [-0.15, -0.1) is 0 Å². The van der Waals surface area contributed by atoms with Crippen molar-refractivity contribution in [3.05, 3.63) is 69.2 Å². The molecule has 10 nitrogen and oxygen atoms in total. The molecule has 1 fully saturated rings. The number of methoxy groups -OCH3 is 1. The van der Waals surface area contributed by atoms with Crippen LogP contribution < -0.4 is 15.9 Å². The zero-order valence-electron chi connectivity index (χ0n) is 17.4. The molecular weight excluding hydrogens is 436 g/mol. The van der Waals surface area contributed by atoms with Crippen molar-refractivity contribution < 1.29 is 17.9 Å². The van der Waals surface area contributed by atoms with Crippen molar-refractivity contribution in [2.24, 2.45) is 0 Å². The van der Waals surface area contributed by atoms with Crippen LogP contribution in [-0.4, -0.2) is 66.6 Å². The number of aromatic nitrogens is 2. The second-order valence-corrected chi connectivity index (χ2v) is 9.28. The number of carbonyl (C=O) groups is 1. The van der Waals surface area contributed by atoms with Gasteiger partial charge in [-0.2, -0.15) is 4.31 Å². The first kappa shape index (κ1) is 21.8. The summed E-state index contributed by atoms with van der Waals surface area (Å²) in [4.78, 5) is 39.2. The van der Waals surface area contributed by atoms with Gasteiger partial charge in [-0.3, -0.25) is 19.5 Å². The van der Waals surface area contributed by atoms with Gasteiger partial charge in [0, 0.05) is 26.2 Å². The van der Waals surface area contributed by atoms with Gasteiger partial charge in [0.15, 0.2) is 0 Å². The van der Waals surface area contributed by atoms with Gasteiger partial charge in [0.25, 0.3) is 11.1 Å². The number of ether oxygens (including phenoxy) is 1. The average Bonchev–Trinajstić information content (AvgIpc) is 2.82. The van der Waals surface area contributed by atoms with Crippen LogP contribution in [0.1, 0.15) is 0 Å². The van der Waals surface area contributed by atoms with Gasteiger partial charge in [0.05, 0.1) is 22.8 Å². The number of H-pyrrole nitrogens is 1. The summed E-state index contributed by atoms with van der Waals surface area (Å²) in [6, 6.07) is 12.5. The van der Waals surface area contributed by atoms with Crippen molar-refractivity contribution in [3.63, 3.8) is 0 Å². The number of hydrogen-bond acceptors (Lipinski definition) is 6. The number of piperazine rings is 1. The lowest BCUT2D eigenvalue weighted by Gasteiger charge is -2.34. The van der Waals surface area contributed by atoms with Crippen molar-refractivity contribution in [1.29, 1.82) is 0 Å². The van der Waals surface area contributed by atoms with Gasteiger partial charge in [0.2, 0.25) is 15.9 Å². The van der Waals surface area contributed by atoms with Crippen LogP contribution in [0.2, 0.25) is 0 Å². The van der Waals surface area contributed by atoms with Gasteiger partial charge < -0.3 is 9.64 Å². The van der Waals surface area contributed by atoms with Gasteiger partial charge in [0.1, 0.15) is 12.3 Å². The molecule has 0 spiro atoms. The third-order valence-corrected chi connectivity index (χ3v) is 7.38. The van der Waals surface area contributed by atoms with E-state index in [0.717, 1.165) is 4.68 Å². The molecule has 0 atom stereocenters. The van der Waals surface area contributed by atoms with Crippen molar-refractivity contribution in [2.45, 2.75) is 11.4 Å². The Hall–Kier alpha value is -3.44. The van der Waals surface area contributed by atoms with E-state index in [1.165, 1.54) is 34.5 Å². The minimum atomic E-state index is -3.69. The lowest BCUT2D eigenvalue weighted by Crippen LogP contribution is -2.51. The third kappa shape index (κ3) is 4.04. The lowest BCUT2D eigenvalue weighted by molar-refractivity contribution is -0.133. The Bertz CT molecular complexity index is 1370. The predicted octanol–water partition coefficient (Wildman–Crippen LogP) is 0.232. The summed E-state index contributed by atoms with van der Waals surface area (Å²) in [5.41, 5.74) is -0.919. The second kappa shape index (κ2) is 8.60. The third-order valence-electron chi connectivity index (χ3n) is 5.47. The van der Waals surface area contributed by atoms with Crippen LogP contribution in [0.15, 0.2) is 63.0 Å². The quantitative estimate of drug-likeness (QED) is 0.584. The number of rotatable bonds is 5. The Morgan fingerprint density at radius 3 is 2.22 bits per heavy atom. The van der Waals surface area contributed by atoms with Crippen LogP contribution in [0.25, 0.3) is 10.8 Å². The van der Waals surface area contributed by atoms with E-state index in [1.54, 1.807) is 30.3 Å². The van der Waals surface area contributed by atoms with Gasteiger partial charge in [-0.1, -0.05) is 12.1 Å². The molecule has 168 valence electrons. The summed E-state index contributed by atoms with van der Waals surface area (Å²) in [6.07, 6.45) is 0. The molecule has 1 N–H and O–H groups in total. The van der Waals surface area contributed by atoms with Gasteiger partial charge in [-0.05, 0) is 36.4 Å². The van der Waals surface area contributed by atoms with E-state index >= 15 is 0 Å². The summed E-state index contributed by atoms with van der Waals surface area (Å²) in [6.45, 7) is 0.290. The Labute approximate surface area is 183 Å². The zero-order chi connectivity index (χ0) is 22.9. The summed E-state index contributed by atoms with van der Waals surface area (Å²) in [5, 5.41) is 2.94. The topological polar surface area (TPSA) is 122 Å². The fraction of sp³-hybridized carbons (Fsp3) is 0.286. The summed E-state index contributed by atoms with van der Waals surface area (Å²) in [7, 11) is -2.19. The van der Waals surface area contributed by atoms with Crippen molar-refractivity contribution >= 4 is 26.7 Å². The normalized spacial score (nSPS) is 15.1. The Morgan fingerprint density at radius 1 is 0.969 bits per heavy atom. The molecule has 32 heavy (non-hydrogen) atoms. The van der Waals surface area contributed by atoms with E-state index in [-0.39, 0.29) is 54.3 Å². The summed E-state index contributed by atoms with van der Waals surface area (Å²) >= 11 is 0. The Morgan fingerprint density at radius 2 is 1.59 bits per heavy atom. The molecule has 2 heterocycles. The largest absolute Gasteiger partial charge is 0.497 e. The molecule has 1 saturated heterocycles. The van der Waals surface area contributed by atoms with E-state index in [4.69, 9.17) is 4.74 Å². The van der Waals surface area contributed by atoms with Gasteiger partial charge >= 0.3 is 0 Å². The number of fused-ring (bicyclic) bond motifs is 1. The number of nitrogens with zero attached hydrogens (tertiary/aromatic N) is 3. The SMILES string of the molecule is COc1ccc(S(=O)(=O)N2CCN(C(=O)Cn3[nH]c(=O)c4ccccc4c3=O)CC2)cc1. The maximum Gasteiger partial charge on any atom is 0.273 e. The Balaban J connectivity index is 1.45. The number of sulfonamides is 1. The average molecular weight is 458 g/mol. The maximum atomic E-state index is 12.9. The van der Waals surface area contributed by atoms with Crippen molar-refractivity contribution in [2.75, 3.05) is 33.3 Å². The maximum absolute atomic E-state index is 12.9. The fourth-order valence-electron chi connectivity index (χ4n) is 3.67.